The zero-order chi connectivity index (χ0) is 23.7. The van der Waals surface area contributed by atoms with E-state index >= 15 is 0 Å². The normalized spacial score (nSPS) is 17.8. The molecule has 1 saturated heterocycles. The first kappa shape index (κ1) is 23.1. The van der Waals surface area contributed by atoms with Gasteiger partial charge in [0, 0.05) is 13.1 Å². The Morgan fingerprint density at radius 3 is 2.36 bits per heavy atom. The Labute approximate surface area is 196 Å². The number of hydrogen-bond acceptors (Lipinski definition) is 5. The lowest BCUT2D eigenvalue weighted by Crippen LogP contribution is -2.43. The van der Waals surface area contributed by atoms with Gasteiger partial charge in [-0.25, -0.2) is 4.90 Å². The number of rotatable bonds is 6. The van der Waals surface area contributed by atoms with E-state index < -0.39 is 0 Å². The summed E-state index contributed by atoms with van der Waals surface area (Å²) in [6, 6.07) is 13.4. The highest BCUT2D eigenvalue weighted by Crippen LogP contribution is 2.39. The van der Waals surface area contributed by atoms with Gasteiger partial charge in [0.05, 0.1) is 17.9 Å². The third kappa shape index (κ3) is 4.27. The number of ether oxygens (including phenoxy) is 1. The van der Waals surface area contributed by atoms with E-state index in [2.05, 4.69) is 11.9 Å². The molecule has 6 heteroatoms. The van der Waals surface area contributed by atoms with Gasteiger partial charge in [0.15, 0.2) is 0 Å². The minimum atomic E-state index is -0.301. The molecule has 0 N–H and O–H groups in total. The van der Waals surface area contributed by atoms with Crippen molar-refractivity contribution in [3.05, 3.63) is 64.9 Å². The van der Waals surface area contributed by atoms with Crippen LogP contribution in [-0.4, -0.2) is 61.4 Å². The quantitative estimate of drug-likeness (QED) is 0.627. The molecule has 174 valence electrons. The average molecular weight is 448 g/mol. The van der Waals surface area contributed by atoms with Gasteiger partial charge in [0.1, 0.15) is 11.4 Å². The van der Waals surface area contributed by atoms with Gasteiger partial charge in [-0.3, -0.25) is 9.59 Å². The highest BCUT2D eigenvalue weighted by molar-refractivity contribution is 6.45. The van der Waals surface area contributed by atoms with Gasteiger partial charge in [-0.2, -0.15) is 0 Å². The van der Waals surface area contributed by atoms with Crippen LogP contribution in [0, 0.1) is 13.8 Å². The van der Waals surface area contributed by atoms with E-state index in [1.165, 1.54) is 4.90 Å². The molecule has 2 aromatic carbocycles. The van der Waals surface area contributed by atoms with Crippen LogP contribution in [0.1, 0.15) is 36.5 Å². The molecule has 0 saturated carbocycles. The number of nitrogens with zero attached hydrogens (tertiary/aromatic N) is 3. The molecule has 6 nitrogen and oxygen atoms in total. The first-order valence-electron chi connectivity index (χ1n) is 11.7. The van der Waals surface area contributed by atoms with Crippen molar-refractivity contribution in [1.29, 1.82) is 0 Å². The maximum atomic E-state index is 13.9. The predicted octanol–water partition coefficient (Wildman–Crippen LogP) is 4.01. The number of likely N-dealkylation sites (tertiary alicyclic amines) is 1. The first-order valence-corrected chi connectivity index (χ1v) is 11.7. The lowest BCUT2D eigenvalue weighted by Gasteiger charge is -2.36. The highest BCUT2D eigenvalue weighted by atomic mass is 16.5. The van der Waals surface area contributed by atoms with Gasteiger partial charge in [-0.05, 0) is 82.6 Å². The smallest absolute Gasteiger partial charge is 0.282 e. The molecule has 0 radical (unpaired) electrons. The molecule has 0 unspecified atom stereocenters. The Bertz CT molecular complexity index is 1100. The van der Waals surface area contributed by atoms with E-state index in [1.54, 1.807) is 12.1 Å². The fourth-order valence-corrected chi connectivity index (χ4v) is 4.71. The Hall–Kier alpha value is -3.12. The second-order valence-corrected chi connectivity index (χ2v) is 9.01. The first-order chi connectivity index (χ1) is 15.8. The third-order valence-corrected chi connectivity index (χ3v) is 6.85. The maximum Gasteiger partial charge on any atom is 0.282 e. The molecular weight excluding hydrogens is 414 g/mol. The van der Waals surface area contributed by atoms with Crippen LogP contribution >= 0.6 is 0 Å². The fraction of sp³-hybridized carbons (Fsp3) is 0.407. The molecule has 2 amide bonds. The van der Waals surface area contributed by atoms with Gasteiger partial charge in [-0.1, -0.05) is 30.3 Å². The van der Waals surface area contributed by atoms with Crippen LogP contribution in [0.5, 0.6) is 5.75 Å². The number of carbonyl (C=O) groups excluding carboxylic acids is 2. The number of anilines is 1. The van der Waals surface area contributed by atoms with Gasteiger partial charge in [-0.15, -0.1) is 0 Å². The van der Waals surface area contributed by atoms with Gasteiger partial charge in [0.2, 0.25) is 0 Å². The third-order valence-electron chi connectivity index (χ3n) is 6.85. The second-order valence-electron chi connectivity index (χ2n) is 9.01. The summed E-state index contributed by atoms with van der Waals surface area (Å²) < 4.78 is 5.76. The molecule has 2 aliphatic heterocycles. The van der Waals surface area contributed by atoms with Crippen molar-refractivity contribution in [2.45, 2.75) is 39.7 Å². The van der Waals surface area contributed by atoms with Crippen molar-refractivity contribution < 1.29 is 14.3 Å². The lowest BCUT2D eigenvalue weighted by molar-refractivity contribution is -0.120. The second kappa shape index (κ2) is 9.40. The maximum absolute atomic E-state index is 13.9. The SMILES string of the molecule is CCOc1ccccc1N1C(=O)C(c2ccc(C)c(C)c2)=C(N(C)C2CCN(C)CC2)C1=O. The molecule has 33 heavy (non-hydrogen) atoms. The van der Waals surface area contributed by atoms with Crippen molar-refractivity contribution in [2.24, 2.45) is 0 Å². The van der Waals surface area contributed by atoms with E-state index in [-0.39, 0.29) is 17.9 Å². The molecule has 4 rings (SSSR count). The van der Waals surface area contributed by atoms with Gasteiger partial charge in [0.25, 0.3) is 11.8 Å². The Morgan fingerprint density at radius 2 is 1.70 bits per heavy atom. The number of aryl methyl sites for hydroxylation is 2. The molecule has 0 bridgehead atoms. The molecule has 2 heterocycles. The summed E-state index contributed by atoms with van der Waals surface area (Å²) in [5, 5.41) is 0. The van der Waals surface area contributed by atoms with E-state index in [9.17, 15) is 9.59 Å². The van der Waals surface area contributed by atoms with Crippen LogP contribution in [0.4, 0.5) is 5.69 Å². The summed E-state index contributed by atoms with van der Waals surface area (Å²) in [5.74, 6) is -0.0590. The summed E-state index contributed by atoms with van der Waals surface area (Å²) in [7, 11) is 4.07. The van der Waals surface area contributed by atoms with Crippen LogP contribution in [0.3, 0.4) is 0 Å². The Balaban J connectivity index is 1.82. The van der Waals surface area contributed by atoms with Crippen molar-refractivity contribution >= 4 is 23.1 Å². The molecule has 2 aromatic rings. The summed E-state index contributed by atoms with van der Waals surface area (Å²) in [6.45, 7) is 8.37. The van der Waals surface area contributed by atoms with Crippen LogP contribution in [0.2, 0.25) is 0 Å². The Kier molecular flexibility index (Phi) is 6.56. The van der Waals surface area contributed by atoms with Crippen molar-refractivity contribution in [3.8, 4) is 5.75 Å². The summed E-state index contributed by atoms with van der Waals surface area (Å²) in [5.41, 5.74) is 4.46. The molecule has 0 aromatic heterocycles. The number of likely N-dealkylation sites (N-methyl/N-ethyl adjacent to an activating group) is 1. The van der Waals surface area contributed by atoms with Crippen LogP contribution < -0.4 is 9.64 Å². The topological polar surface area (TPSA) is 53.1 Å². The van der Waals surface area contributed by atoms with Crippen LogP contribution in [0.25, 0.3) is 5.57 Å². The number of benzene rings is 2. The minimum absolute atomic E-state index is 0.205. The number of carbonyl (C=O) groups is 2. The molecule has 2 aliphatic rings. The van der Waals surface area contributed by atoms with E-state index in [1.807, 2.05) is 63.1 Å². The van der Waals surface area contributed by atoms with Gasteiger partial charge >= 0.3 is 0 Å². The molecule has 0 spiro atoms. The molecule has 0 aliphatic carbocycles. The number of amides is 2. The highest BCUT2D eigenvalue weighted by Gasteiger charge is 2.44. The van der Waals surface area contributed by atoms with Crippen molar-refractivity contribution in [2.75, 3.05) is 38.7 Å². The summed E-state index contributed by atoms with van der Waals surface area (Å²) >= 11 is 0. The Morgan fingerprint density at radius 1 is 1.00 bits per heavy atom. The number of para-hydroxylation sites is 2. The molecule has 1 fully saturated rings. The van der Waals surface area contributed by atoms with Crippen LogP contribution in [-0.2, 0) is 9.59 Å². The largest absolute Gasteiger partial charge is 0.492 e. The lowest BCUT2D eigenvalue weighted by atomic mass is 9.97. The average Bonchev–Trinajstić information content (AvgIpc) is 3.06. The zero-order valence-corrected chi connectivity index (χ0v) is 20.2. The monoisotopic (exact) mass is 447 g/mol. The number of hydrogen-bond donors (Lipinski definition) is 0. The number of imide groups is 1. The predicted molar refractivity (Wildman–Crippen MR) is 131 cm³/mol. The van der Waals surface area contributed by atoms with Crippen LogP contribution in [0.15, 0.2) is 48.2 Å². The van der Waals surface area contributed by atoms with E-state index in [4.69, 9.17) is 4.74 Å². The van der Waals surface area contributed by atoms with E-state index in [0.29, 0.717) is 29.3 Å². The van der Waals surface area contributed by atoms with Gasteiger partial charge < -0.3 is 14.5 Å². The molecular formula is C27H33N3O3. The summed E-state index contributed by atoms with van der Waals surface area (Å²) in [6.07, 6.45) is 1.90. The zero-order valence-electron chi connectivity index (χ0n) is 20.2. The number of piperidine rings is 1. The fourth-order valence-electron chi connectivity index (χ4n) is 4.71. The summed E-state index contributed by atoms with van der Waals surface area (Å²) in [4.78, 5) is 33.4. The van der Waals surface area contributed by atoms with Crippen molar-refractivity contribution in [3.63, 3.8) is 0 Å². The minimum Gasteiger partial charge on any atom is -0.492 e. The molecule has 0 atom stereocenters. The van der Waals surface area contributed by atoms with Crippen molar-refractivity contribution in [1.82, 2.24) is 9.80 Å². The van der Waals surface area contributed by atoms with E-state index in [0.717, 1.165) is 42.6 Å². The standard InChI is InChI=1S/C27H33N3O3/c1-6-33-23-10-8-7-9-22(23)30-26(31)24(20-12-11-18(2)19(3)17-20)25(27(30)32)29(5)21-13-15-28(4)16-14-21/h7-12,17,21H,6,13-16H2,1-5H3.